The maximum Gasteiger partial charge on any atom is 0.0127 e. The standard InChI is InChI=1S/2C9H19N.2C3H8.2CH4/c2*1-8-6-5-7-10(8)9(2,3)4;2*1-3-2;;/h2*8H,5-7H2,1-4H3;2*3H2,1-2H3;2*1H4/t2*8-;;;;/m10..../s1. The molecule has 0 spiro atoms. The van der Waals surface area contributed by atoms with Crippen LogP contribution in [0.3, 0.4) is 0 Å². The number of rotatable bonds is 0. The first-order chi connectivity index (χ1) is 11.9. The van der Waals surface area contributed by atoms with Gasteiger partial charge in [-0.1, -0.05) is 55.4 Å². The van der Waals surface area contributed by atoms with E-state index in [2.05, 4.69) is 92.9 Å². The third-order valence-electron chi connectivity index (χ3n) is 4.83. The second kappa shape index (κ2) is 17.8. The van der Waals surface area contributed by atoms with Gasteiger partial charge in [-0.15, -0.1) is 0 Å². The molecule has 0 radical (unpaired) electrons. The number of hydrogen-bond donors (Lipinski definition) is 0. The van der Waals surface area contributed by atoms with Crippen molar-refractivity contribution >= 4 is 0 Å². The van der Waals surface area contributed by atoms with Crippen molar-refractivity contribution in [1.82, 2.24) is 9.80 Å². The van der Waals surface area contributed by atoms with Crippen LogP contribution in [0.15, 0.2) is 0 Å². The molecule has 0 aromatic heterocycles. The Hall–Kier alpha value is -0.0800. The van der Waals surface area contributed by atoms with Crippen LogP contribution in [0.5, 0.6) is 0 Å². The number of likely N-dealkylation sites (tertiary alicyclic amines) is 2. The maximum absolute atomic E-state index is 2.59. The molecule has 28 heavy (non-hydrogen) atoms. The molecule has 2 nitrogen and oxygen atoms in total. The predicted octanol–water partition coefficient (Wildman–Crippen LogP) is 8.64. The molecule has 0 unspecified atom stereocenters. The first kappa shape index (κ1) is 35.4. The molecule has 2 heteroatoms. The Morgan fingerprint density at radius 3 is 0.893 bits per heavy atom. The van der Waals surface area contributed by atoms with Crippen molar-refractivity contribution < 1.29 is 0 Å². The van der Waals surface area contributed by atoms with Crippen LogP contribution in [0.4, 0.5) is 0 Å². The van der Waals surface area contributed by atoms with Crippen molar-refractivity contribution in [2.75, 3.05) is 13.1 Å². The van der Waals surface area contributed by atoms with E-state index < -0.39 is 0 Å². The summed E-state index contributed by atoms with van der Waals surface area (Å²) in [4.78, 5) is 5.18. The molecule has 0 bridgehead atoms. The first-order valence-corrected chi connectivity index (χ1v) is 11.4. The van der Waals surface area contributed by atoms with E-state index in [0.29, 0.717) is 11.1 Å². The molecule has 2 atom stereocenters. The minimum atomic E-state index is 0. The third-order valence-corrected chi connectivity index (χ3v) is 4.83. The molecule has 0 N–H and O–H groups in total. The Labute approximate surface area is 182 Å². The summed E-state index contributed by atoms with van der Waals surface area (Å²) in [6, 6.07) is 1.61. The van der Waals surface area contributed by atoms with E-state index in [1.165, 1.54) is 51.6 Å². The van der Waals surface area contributed by atoms with Crippen LogP contribution in [-0.2, 0) is 0 Å². The zero-order chi connectivity index (χ0) is 21.0. The minimum Gasteiger partial charge on any atom is -0.296 e. The van der Waals surface area contributed by atoms with Gasteiger partial charge >= 0.3 is 0 Å². The number of hydrogen-bond acceptors (Lipinski definition) is 2. The van der Waals surface area contributed by atoms with Crippen LogP contribution in [0.25, 0.3) is 0 Å². The summed E-state index contributed by atoms with van der Waals surface area (Å²) in [7, 11) is 0. The van der Waals surface area contributed by atoms with Crippen LogP contribution in [0.2, 0.25) is 0 Å². The molecule has 2 aliphatic heterocycles. The molecule has 2 heterocycles. The van der Waals surface area contributed by atoms with E-state index in [9.17, 15) is 0 Å². The Bertz CT molecular complexity index is 279. The van der Waals surface area contributed by atoms with Crippen LogP contribution in [-0.4, -0.2) is 46.1 Å². The summed E-state index contributed by atoms with van der Waals surface area (Å²) < 4.78 is 0. The molecule has 0 aromatic rings. The lowest BCUT2D eigenvalue weighted by Gasteiger charge is -2.35. The van der Waals surface area contributed by atoms with Gasteiger partial charge < -0.3 is 0 Å². The van der Waals surface area contributed by atoms with E-state index in [1.54, 1.807) is 0 Å². The van der Waals surface area contributed by atoms with Gasteiger partial charge in [0.05, 0.1) is 0 Å². The SMILES string of the molecule is C.C.CCC.CCC.C[C@@H]1CCCN1C(C)(C)C.C[C@H]1CCCN1C(C)(C)C. The summed E-state index contributed by atoms with van der Waals surface area (Å²) in [5.41, 5.74) is 0.770. The normalized spacial score (nSPS) is 22.3. The lowest BCUT2D eigenvalue weighted by Crippen LogP contribution is -2.43. The molecule has 2 saturated heterocycles. The van der Waals surface area contributed by atoms with Gasteiger partial charge in [0.15, 0.2) is 0 Å². The van der Waals surface area contributed by atoms with Gasteiger partial charge in [0.25, 0.3) is 0 Å². The zero-order valence-electron chi connectivity index (χ0n) is 20.7. The zero-order valence-corrected chi connectivity index (χ0v) is 20.7. The van der Waals surface area contributed by atoms with Gasteiger partial charge in [0.2, 0.25) is 0 Å². The fourth-order valence-electron chi connectivity index (χ4n) is 3.86. The lowest BCUT2D eigenvalue weighted by molar-refractivity contribution is 0.130. The molecular formula is C26H62N2. The topological polar surface area (TPSA) is 6.48 Å². The number of nitrogens with zero attached hydrogens (tertiary/aromatic N) is 2. The van der Waals surface area contributed by atoms with Gasteiger partial charge in [0.1, 0.15) is 0 Å². The van der Waals surface area contributed by atoms with Crippen LogP contribution < -0.4 is 0 Å². The minimum absolute atomic E-state index is 0. The van der Waals surface area contributed by atoms with Crippen molar-refractivity contribution in [1.29, 1.82) is 0 Å². The van der Waals surface area contributed by atoms with Crippen molar-refractivity contribution in [3.05, 3.63) is 0 Å². The Kier molecular flexibility index (Phi) is 22.4. The molecule has 0 aliphatic carbocycles. The monoisotopic (exact) mass is 402 g/mol. The van der Waals surface area contributed by atoms with Crippen molar-refractivity contribution in [3.8, 4) is 0 Å². The molecule has 176 valence electrons. The maximum atomic E-state index is 2.59. The van der Waals surface area contributed by atoms with Gasteiger partial charge in [-0.3, -0.25) is 9.80 Å². The molecular weight excluding hydrogens is 340 g/mol. The second-order valence-corrected chi connectivity index (χ2v) is 10.1. The predicted molar refractivity (Wildman–Crippen MR) is 136 cm³/mol. The van der Waals surface area contributed by atoms with E-state index in [4.69, 9.17) is 0 Å². The molecule has 2 aliphatic rings. The Morgan fingerprint density at radius 2 is 0.821 bits per heavy atom. The van der Waals surface area contributed by atoms with Gasteiger partial charge in [-0.25, -0.2) is 0 Å². The molecule has 0 amide bonds. The fourth-order valence-corrected chi connectivity index (χ4v) is 3.86. The fraction of sp³-hybridized carbons (Fsp3) is 1.00. The third kappa shape index (κ3) is 15.8. The highest BCUT2D eigenvalue weighted by molar-refractivity contribution is 4.86. The Morgan fingerprint density at radius 1 is 0.607 bits per heavy atom. The van der Waals surface area contributed by atoms with Crippen molar-refractivity contribution in [2.45, 2.75) is 160 Å². The van der Waals surface area contributed by atoms with Crippen LogP contribution >= 0.6 is 0 Å². The summed E-state index contributed by atoms with van der Waals surface area (Å²) in [5.74, 6) is 0. The molecule has 0 aromatic carbocycles. The van der Waals surface area contributed by atoms with Crippen molar-refractivity contribution in [3.63, 3.8) is 0 Å². The van der Waals surface area contributed by atoms with Gasteiger partial charge in [-0.2, -0.15) is 0 Å². The molecule has 0 saturated carbocycles. The second-order valence-electron chi connectivity index (χ2n) is 10.1. The van der Waals surface area contributed by atoms with Gasteiger partial charge in [0, 0.05) is 23.2 Å². The average molecular weight is 403 g/mol. The van der Waals surface area contributed by atoms with E-state index >= 15 is 0 Å². The van der Waals surface area contributed by atoms with E-state index in [1.807, 2.05) is 0 Å². The highest BCUT2D eigenvalue weighted by Crippen LogP contribution is 2.26. The van der Waals surface area contributed by atoms with Gasteiger partial charge in [-0.05, 0) is 94.2 Å². The lowest BCUT2D eigenvalue weighted by atomic mass is 10.1. The molecule has 2 rings (SSSR count). The van der Waals surface area contributed by atoms with Crippen LogP contribution in [0, 0.1) is 0 Å². The molecule has 2 fully saturated rings. The summed E-state index contributed by atoms with van der Waals surface area (Å²) in [5, 5.41) is 0. The first-order valence-electron chi connectivity index (χ1n) is 11.4. The van der Waals surface area contributed by atoms with E-state index in [-0.39, 0.29) is 14.9 Å². The highest BCUT2D eigenvalue weighted by Gasteiger charge is 2.30. The largest absolute Gasteiger partial charge is 0.296 e. The van der Waals surface area contributed by atoms with Crippen molar-refractivity contribution in [2.24, 2.45) is 0 Å². The van der Waals surface area contributed by atoms with E-state index in [0.717, 1.165) is 12.1 Å². The van der Waals surface area contributed by atoms with Crippen LogP contribution in [0.1, 0.15) is 136 Å². The summed E-state index contributed by atoms with van der Waals surface area (Å²) in [6.45, 7) is 29.6. The summed E-state index contributed by atoms with van der Waals surface area (Å²) in [6.07, 6.45) is 8.05. The average Bonchev–Trinajstić information content (AvgIpc) is 3.08. The Balaban J connectivity index is -0.000000153. The quantitative estimate of drug-likeness (QED) is 0.400. The highest BCUT2D eigenvalue weighted by atomic mass is 15.2. The summed E-state index contributed by atoms with van der Waals surface area (Å²) >= 11 is 0. The smallest absolute Gasteiger partial charge is 0.0127 e.